The summed E-state index contributed by atoms with van der Waals surface area (Å²) in [6, 6.07) is 24.7. The number of hydrogen-bond acceptors (Lipinski definition) is 4. The van der Waals surface area contributed by atoms with Gasteiger partial charge in [-0.25, -0.2) is 0 Å². The maximum Gasteiger partial charge on any atom is 0.255 e. The Labute approximate surface area is 215 Å². The smallest absolute Gasteiger partial charge is 0.255 e. The molecule has 2 aliphatic rings. The molecule has 3 amide bonds. The first-order valence-electron chi connectivity index (χ1n) is 12.3. The molecule has 2 heterocycles. The second kappa shape index (κ2) is 11.0. The molecule has 36 heavy (non-hydrogen) atoms. The molecular weight excluding hydrogens is 470 g/mol. The van der Waals surface area contributed by atoms with Gasteiger partial charge in [-0.1, -0.05) is 54.6 Å². The van der Waals surface area contributed by atoms with Gasteiger partial charge in [-0.2, -0.15) is 0 Å². The number of nitrogens with one attached hydrogen (secondary N) is 1. The minimum Gasteiger partial charge on any atom is -0.339 e. The molecule has 0 unspecified atom stereocenters. The van der Waals surface area contributed by atoms with Crippen molar-refractivity contribution in [3.8, 4) is 0 Å². The van der Waals surface area contributed by atoms with E-state index >= 15 is 0 Å². The highest BCUT2D eigenvalue weighted by Gasteiger charge is 2.32. The van der Waals surface area contributed by atoms with Gasteiger partial charge in [0.25, 0.3) is 11.8 Å². The van der Waals surface area contributed by atoms with Crippen LogP contribution in [-0.4, -0.2) is 52.9 Å². The van der Waals surface area contributed by atoms with Crippen LogP contribution in [0.15, 0.2) is 78.9 Å². The topological polar surface area (TPSA) is 69.7 Å². The fourth-order valence-electron chi connectivity index (χ4n) is 4.73. The molecule has 5 rings (SSSR count). The van der Waals surface area contributed by atoms with Crippen LogP contribution in [0.1, 0.15) is 50.1 Å². The number of carbonyl (C=O) groups excluding carboxylic acids is 3. The maximum absolute atomic E-state index is 13.0. The molecule has 0 radical (unpaired) electrons. The van der Waals surface area contributed by atoms with Crippen LogP contribution in [0.2, 0.25) is 0 Å². The second-order valence-electron chi connectivity index (χ2n) is 9.11. The molecule has 1 atom stereocenters. The lowest BCUT2D eigenvalue weighted by atomic mass is 10.1. The Bertz CT molecular complexity index is 1240. The molecule has 0 aromatic heterocycles. The molecule has 2 aliphatic heterocycles. The molecule has 184 valence electrons. The van der Waals surface area contributed by atoms with E-state index in [1.807, 2.05) is 52.3 Å². The number of anilines is 1. The predicted octanol–water partition coefficient (Wildman–Crippen LogP) is 4.99. The lowest BCUT2D eigenvalue weighted by Gasteiger charge is -2.24. The highest BCUT2D eigenvalue weighted by molar-refractivity contribution is 8.00. The third kappa shape index (κ3) is 5.31. The normalized spacial score (nSPS) is 17.4. The molecule has 0 bridgehead atoms. The molecule has 6 nitrogen and oxygen atoms in total. The van der Waals surface area contributed by atoms with E-state index < -0.39 is 0 Å². The van der Waals surface area contributed by atoms with Crippen molar-refractivity contribution in [2.45, 2.75) is 24.6 Å². The van der Waals surface area contributed by atoms with Crippen LogP contribution in [0, 0.1) is 0 Å². The van der Waals surface area contributed by atoms with Crippen LogP contribution < -0.4 is 5.32 Å². The van der Waals surface area contributed by atoms with E-state index in [0.717, 1.165) is 37.9 Å². The Morgan fingerprint density at radius 1 is 0.889 bits per heavy atom. The zero-order chi connectivity index (χ0) is 24.9. The zero-order valence-electron chi connectivity index (χ0n) is 20.1. The fraction of sp³-hybridized carbons (Fsp3) is 0.276. The number of nitrogens with zero attached hydrogens (tertiary/aromatic N) is 2. The van der Waals surface area contributed by atoms with Crippen molar-refractivity contribution >= 4 is 35.2 Å². The summed E-state index contributed by atoms with van der Waals surface area (Å²) in [5.41, 5.74) is 3.75. The summed E-state index contributed by atoms with van der Waals surface area (Å²) in [5.74, 6) is 0.294. The minimum absolute atomic E-state index is 0.0442. The number of rotatable bonds is 7. The predicted molar refractivity (Wildman–Crippen MR) is 143 cm³/mol. The quantitative estimate of drug-likeness (QED) is 0.497. The number of likely N-dealkylation sites (tertiary alicyclic amines) is 1. The van der Waals surface area contributed by atoms with Crippen molar-refractivity contribution in [1.82, 2.24) is 9.80 Å². The largest absolute Gasteiger partial charge is 0.339 e. The van der Waals surface area contributed by atoms with Crippen LogP contribution in [0.5, 0.6) is 0 Å². The van der Waals surface area contributed by atoms with Gasteiger partial charge in [0.15, 0.2) is 0 Å². The highest BCUT2D eigenvalue weighted by atomic mass is 32.2. The molecule has 2 saturated heterocycles. The average molecular weight is 500 g/mol. The van der Waals surface area contributed by atoms with E-state index in [2.05, 4.69) is 17.4 Å². The molecule has 0 aliphatic carbocycles. The van der Waals surface area contributed by atoms with Crippen molar-refractivity contribution in [3.63, 3.8) is 0 Å². The first kappa shape index (κ1) is 24.1. The summed E-state index contributed by atoms with van der Waals surface area (Å²) in [5, 5.41) is 2.86. The average Bonchev–Trinajstić information content (AvgIpc) is 3.58. The highest BCUT2D eigenvalue weighted by Crippen LogP contribution is 2.38. The van der Waals surface area contributed by atoms with E-state index in [4.69, 9.17) is 0 Å². The van der Waals surface area contributed by atoms with E-state index in [1.165, 1.54) is 5.56 Å². The summed E-state index contributed by atoms with van der Waals surface area (Å²) in [4.78, 5) is 42.2. The van der Waals surface area contributed by atoms with E-state index in [-0.39, 0.29) is 23.1 Å². The van der Waals surface area contributed by atoms with Gasteiger partial charge in [0.2, 0.25) is 5.91 Å². The number of carbonyl (C=O) groups is 3. The van der Waals surface area contributed by atoms with Gasteiger partial charge in [-0.15, -0.1) is 11.8 Å². The summed E-state index contributed by atoms with van der Waals surface area (Å²) < 4.78 is 0. The second-order valence-corrected chi connectivity index (χ2v) is 10.2. The fourth-order valence-corrected chi connectivity index (χ4v) is 5.95. The van der Waals surface area contributed by atoms with Crippen LogP contribution in [0.4, 0.5) is 5.69 Å². The van der Waals surface area contributed by atoms with Crippen molar-refractivity contribution < 1.29 is 14.4 Å². The van der Waals surface area contributed by atoms with Crippen LogP contribution in [0.25, 0.3) is 0 Å². The van der Waals surface area contributed by atoms with Gasteiger partial charge in [0, 0.05) is 25.2 Å². The standard InChI is InChI=1S/C29H29N3O3S/c33-26-20-36-29(32(26)19-16-21-8-2-1-3-9-21)23-14-12-22(13-15-23)27(34)30-25-11-5-4-10-24(25)28(35)31-17-6-7-18-31/h1-5,8-15,29H,6-7,16-20H2,(H,30,34)/t29-/m0/s1. The maximum atomic E-state index is 13.0. The molecule has 1 N–H and O–H groups in total. The van der Waals surface area contributed by atoms with Crippen molar-refractivity contribution in [1.29, 1.82) is 0 Å². The van der Waals surface area contributed by atoms with E-state index in [1.54, 1.807) is 36.0 Å². The SMILES string of the molecule is O=C(Nc1ccccc1C(=O)N1CCCC1)c1ccc([C@@H]2SCC(=O)N2CCc2ccccc2)cc1. The first-order chi connectivity index (χ1) is 17.6. The number of hydrogen-bond donors (Lipinski definition) is 1. The third-order valence-electron chi connectivity index (χ3n) is 6.71. The Balaban J connectivity index is 1.26. The number of amides is 3. The number of para-hydroxylation sites is 1. The van der Waals surface area contributed by atoms with Crippen LogP contribution in [-0.2, 0) is 11.2 Å². The molecule has 3 aromatic rings. The number of thioether (sulfide) groups is 1. The Morgan fingerprint density at radius 2 is 1.58 bits per heavy atom. The van der Waals surface area contributed by atoms with Gasteiger partial charge in [0.1, 0.15) is 5.37 Å². The van der Waals surface area contributed by atoms with Gasteiger partial charge in [-0.3, -0.25) is 14.4 Å². The molecule has 0 saturated carbocycles. The molecular formula is C29H29N3O3S. The lowest BCUT2D eigenvalue weighted by Crippen LogP contribution is -2.30. The van der Waals surface area contributed by atoms with Gasteiger partial charge < -0.3 is 15.1 Å². The Hall–Kier alpha value is -3.58. The zero-order valence-corrected chi connectivity index (χ0v) is 20.9. The van der Waals surface area contributed by atoms with Crippen molar-refractivity contribution in [3.05, 3.63) is 101 Å². The van der Waals surface area contributed by atoms with Crippen molar-refractivity contribution in [2.24, 2.45) is 0 Å². The monoisotopic (exact) mass is 499 g/mol. The number of benzene rings is 3. The summed E-state index contributed by atoms with van der Waals surface area (Å²) >= 11 is 1.61. The van der Waals surface area contributed by atoms with Gasteiger partial charge >= 0.3 is 0 Å². The lowest BCUT2D eigenvalue weighted by molar-refractivity contribution is -0.128. The van der Waals surface area contributed by atoms with Crippen LogP contribution in [0.3, 0.4) is 0 Å². The Morgan fingerprint density at radius 3 is 2.33 bits per heavy atom. The molecule has 2 fully saturated rings. The Kier molecular flexibility index (Phi) is 7.37. The summed E-state index contributed by atoms with van der Waals surface area (Å²) in [7, 11) is 0. The van der Waals surface area contributed by atoms with E-state index in [0.29, 0.717) is 29.1 Å². The van der Waals surface area contributed by atoms with Gasteiger partial charge in [-0.05, 0) is 54.7 Å². The van der Waals surface area contributed by atoms with Crippen molar-refractivity contribution in [2.75, 3.05) is 30.7 Å². The first-order valence-corrected chi connectivity index (χ1v) is 13.4. The molecule has 3 aromatic carbocycles. The summed E-state index contributed by atoms with van der Waals surface area (Å²) in [6.45, 7) is 2.17. The molecule has 0 spiro atoms. The molecule has 7 heteroatoms. The van der Waals surface area contributed by atoms with E-state index in [9.17, 15) is 14.4 Å². The van der Waals surface area contributed by atoms with Gasteiger partial charge in [0.05, 0.1) is 17.0 Å². The summed E-state index contributed by atoms with van der Waals surface area (Å²) in [6.07, 6.45) is 2.84. The van der Waals surface area contributed by atoms with Crippen LogP contribution >= 0.6 is 11.8 Å². The third-order valence-corrected chi connectivity index (χ3v) is 7.97. The minimum atomic E-state index is -0.265.